The molecule has 0 spiro atoms. The van der Waals surface area contributed by atoms with Crippen LogP contribution >= 0.6 is 15.9 Å². The number of nitro groups is 1. The van der Waals surface area contributed by atoms with Gasteiger partial charge in [0.2, 0.25) is 0 Å². The SMILES string of the molecule is Cc1ccc(NCc2cccc([N+](=O)[O-])c2Br)cc1C. The van der Waals surface area contributed by atoms with Crippen molar-refractivity contribution in [1.82, 2.24) is 0 Å². The molecule has 2 rings (SSSR count). The van der Waals surface area contributed by atoms with Crippen molar-refractivity contribution < 1.29 is 4.92 Å². The van der Waals surface area contributed by atoms with Gasteiger partial charge in [-0.3, -0.25) is 10.1 Å². The Kier molecular flexibility index (Phi) is 4.39. The Morgan fingerprint density at radius 2 is 1.95 bits per heavy atom. The highest BCUT2D eigenvalue weighted by Gasteiger charge is 2.14. The number of benzene rings is 2. The highest BCUT2D eigenvalue weighted by atomic mass is 79.9. The predicted molar refractivity (Wildman–Crippen MR) is 84.0 cm³/mol. The minimum absolute atomic E-state index is 0.0874. The Morgan fingerprint density at radius 1 is 1.20 bits per heavy atom. The lowest BCUT2D eigenvalue weighted by Gasteiger charge is -2.10. The summed E-state index contributed by atoms with van der Waals surface area (Å²) in [6, 6.07) is 11.2. The van der Waals surface area contributed by atoms with Crippen LogP contribution in [-0.2, 0) is 6.54 Å². The van der Waals surface area contributed by atoms with Crippen molar-refractivity contribution in [2.24, 2.45) is 0 Å². The van der Waals surface area contributed by atoms with Crippen LogP contribution in [0, 0.1) is 24.0 Å². The maximum Gasteiger partial charge on any atom is 0.283 e. The molecule has 0 unspecified atom stereocenters. The van der Waals surface area contributed by atoms with E-state index in [2.05, 4.69) is 47.2 Å². The molecule has 1 N–H and O–H groups in total. The van der Waals surface area contributed by atoms with E-state index in [-0.39, 0.29) is 10.6 Å². The molecule has 0 saturated carbocycles. The maximum absolute atomic E-state index is 10.9. The zero-order chi connectivity index (χ0) is 14.7. The monoisotopic (exact) mass is 334 g/mol. The summed E-state index contributed by atoms with van der Waals surface area (Å²) < 4.78 is 0.529. The van der Waals surface area contributed by atoms with Crippen LogP contribution in [0.3, 0.4) is 0 Å². The summed E-state index contributed by atoms with van der Waals surface area (Å²) in [5.41, 5.74) is 4.41. The number of halogens is 1. The molecule has 5 heteroatoms. The number of nitrogens with zero attached hydrogens (tertiary/aromatic N) is 1. The Labute approximate surface area is 126 Å². The number of rotatable bonds is 4. The number of hydrogen-bond acceptors (Lipinski definition) is 3. The van der Waals surface area contributed by atoms with Gasteiger partial charge in [0.1, 0.15) is 4.47 Å². The molecule has 0 atom stereocenters. The van der Waals surface area contributed by atoms with E-state index in [0.29, 0.717) is 11.0 Å². The zero-order valence-electron chi connectivity index (χ0n) is 11.3. The number of nitrogens with one attached hydrogen (secondary N) is 1. The van der Waals surface area contributed by atoms with Crippen molar-refractivity contribution in [3.05, 3.63) is 67.7 Å². The van der Waals surface area contributed by atoms with Gasteiger partial charge in [0.15, 0.2) is 0 Å². The van der Waals surface area contributed by atoms with E-state index in [9.17, 15) is 10.1 Å². The Balaban J connectivity index is 2.17. The van der Waals surface area contributed by atoms with Crippen LogP contribution < -0.4 is 5.32 Å². The lowest BCUT2D eigenvalue weighted by Crippen LogP contribution is -2.02. The standard InChI is InChI=1S/C15H15BrN2O2/c1-10-6-7-13(8-11(10)2)17-9-12-4-3-5-14(15(12)16)18(19)20/h3-8,17H,9H2,1-2H3. The van der Waals surface area contributed by atoms with Crippen molar-refractivity contribution in [1.29, 1.82) is 0 Å². The summed E-state index contributed by atoms with van der Waals surface area (Å²) in [5.74, 6) is 0. The number of aryl methyl sites for hydroxylation is 2. The molecule has 0 radical (unpaired) electrons. The van der Waals surface area contributed by atoms with Gasteiger partial charge in [-0.25, -0.2) is 0 Å². The van der Waals surface area contributed by atoms with Crippen LogP contribution in [0.1, 0.15) is 16.7 Å². The highest BCUT2D eigenvalue weighted by Crippen LogP contribution is 2.28. The fourth-order valence-electron chi connectivity index (χ4n) is 1.89. The highest BCUT2D eigenvalue weighted by molar-refractivity contribution is 9.10. The van der Waals surface area contributed by atoms with E-state index in [1.54, 1.807) is 6.07 Å². The Bertz CT molecular complexity index is 656. The van der Waals surface area contributed by atoms with Gasteiger partial charge in [0.25, 0.3) is 5.69 Å². The number of hydrogen-bond donors (Lipinski definition) is 1. The molecule has 0 aliphatic carbocycles. The van der Waals surface area contributed by atoms with Gasteiger partial charge in [-0.05, 0) is 58.6 Å². The average Bonchev–Trinajstić information content (AvgIpc) is 2.41. The first-order valence-electron chi connectivity index (χ1n) is 6.22. The molecule has 2 aromatic rings. The molecule has 0 aliphatic rings. The molecule has 104 valence electrons. The molecule has 20 heavy (non-hydrogen) atoms. The van der Waals surface area contributed by atoms with Crippen LogP contribution in [0.15, 0.2) is 40.9 Å². The molecule has 2 aromatic carbocycles. The molecule has 0 bridgehead atoms. The minimum Gasteiger partial charge on any atom is -0.381 e. The lowest BCUT2D eigenvalue weighted by molar-refractivity contribution is -0.385. The topological polar surface area (TPSA) is 55.2 Å². The van der Waals surface area contributed by atoms with E-state index in [1.807, 2.05) is 12.1 Å². The Morgan fingerprint density at radius 3 is 2.60 bits per heavy atom. The van der Waals surface area contributed by atoms with E-state index in [4.69, 9.17) is 0 Å². The van der Waals surface area contributed by atoms with Crippen LogP contribution in [-0.4, -0.2) is 4.92 Å². The van der Waals surface area contributed by atoms with Crippen molar-refractivity contribution in [3.63, 3.8) is 0 Å². The van der Waals surface area contributed by atoms with E-state index in [0.717, 1.165) is 11.3 Å². The van der Waals surface area contributed by atoms with Gasteiger partial charge in [-0.15, -0.1) is 0 Å². The molecule has 0 aliphatic heterocycles. The van der Waals surface area contributed by atoms with Crippen LogP contribution in [0.2, 0.25) is 0 Å². The van der Waals surface area contributed by atoms with Gasteiger partial charge in [0, 0.05) is 18.3 Å². The summed E-state index contributed by atoms with van der Waals surface area (Å²) in [4.78, 5) is 10.5. The van der Waals surface area contributed by atoms with E-state index < -0.39 is 0 Å². The number of anilines is 1. The molecule has 0 fully saturated rings. The van der Waals surface area contributed by atoms with Gasteiger partial charge in [0.05, 0.1) is 4.92 Å². The van der Waals surface area contributed by atoms with Crippen molar-refractivity contribution in [2.45, 2.75) is 20.4 Å². The lowest BCUT2D eigenvalue weighted by atomic mass is 10.1. The van der Waals surface area contributed by atoms with Crippen molar-refractivity contribution in [2.75, 3.05) is 5.32 Å². The summed E-state index contributed by atoms with van der Waals surface area (Å²) >= 11 is 3.30. The third-order valence-corrected chi connectivity index (χ3v) is 4.16. The van der Waals surface area contributed by atoms with Crippen LogP contribution in [0.4, 0.5) is 11.4 Å². The molecule has 0 heterocycles. The van der Waals surface area contributed by atoms with Crippen LogP contribution in [0.5, 0.6) is 0 Å². The van der Waals surface area contributed by atoms with Crippen molar-refractivity contribution in [3.8, 4) is 0 Å². The first kappa shape index (κ1) is 14.5. The minimum atomic E-state index is -0.385. The molecular weight excluding hydrogens is 320 g/mol. The van der Waals surface area contributed by atoms with Gasteiger partial charge in [-0.2, -0.15) is 0 Å². The molecule has 0 saturated heterocycles. The summed E-state index contributed by atoms with van der Waals surface area (Å²) in [7, 11) is 0. The second kappa shape index (κ2) is 6.05. The van der Waals surface area contributed by atoms with E-state index >= 15 is 0 Å². The first-order valence-corrected chi connectivity index (χ1v) is 7.01. The van der Waals surface area contributed by atoms with Gasteiger partial charge < -0.3 is 5.32 Å². The molecular formula is C15H15BrN2O2. The Hall–Kier alpha value is -1.88. The fourth-order valence-corrected chi connectivity index (χ4v) is 2.44. The predicted octanol–water partition coefficient (Wildman–Crippen LogP) is 4.59. The molecule has 0 amide bonds. The van der Waals surface area contributed by atoms with Gasteiger partial charge >= 0.3 is 0 Å². The number of nitro benzene ring substituents is 1. The summed E-state index contributed by atoms with van der Waals surface area (Å²) in [6.45, 7) is 4.66. The normalized spacial score (nSPS) is 10.3. The quantitative estimate of drug-likeness (QED) is 0.657. The second-order valence-electron chi connectivity index (χ2n) is 4.66. The molecule has 0 aromatic heterocycles. The third kappa shape index (κ3) is 3.17. The first-order chi connectivity index (χ1) is 9.49. The molecule has 4 nitrogen and oxygen atoms in total. The van der Waals surface area contributed by atoms with Crippen LogP contribution in [0.25, 0.3) is 0 Å². The summed E-state index contributed by atoms with van der Waals surface area (Å²) in [6.07, 6.45) is 0. The second-order valence-corrected chi connectivity index (χ2v) is 5.45. The van der Waals surface area contributed by atoms with E-state index in [1.165, 1.54) is 17.2 Å². The average molecular weight is 335 g/mol. The summed E-state index contributed by atoms with van der Waals surface area (Å²) in [5, 5.41) is 14.2. The third-order valence-electron chi connectivity index (χ3n) is 3.24. The van der Waals surface area contributed by atoms with Gasteiger partial charge in [-0.1, -0.05) is 18.2 Å². The fraction of sp³-hybridized carbons (Fsp3) is 0.200. The zero-order valence-corrected chi connectivity index (χ0v) is 12.9. The van der Waals surface area contributed by atoms with Crippen molar-refractivity contribution >= 4 is 27.3 Å². The smallest absolute Gasteiger partial charge is 0.283 e. The largest absolute Gasteiger partial charge is 0.381 e. The maximum atomic E-state index is 10.9.